The first-order chi connectivity index (χ1) is 17.2. The highest BCUT2D eigenvalue weighted by Gasteiger charge is 2.31. The summed E-state index contributed by atoms with van der Waals surface area (Å²) in [6, 6.07) is 16.9. The molecule has 0 saturated carbocycles. The first-order valence-corrected chi connectivity index (χ1v) is 12.5. The van der Waals surface area contributed by atoms with Gasteiger partial charge >= 0.3 is 12.2 Å². The Kier molecular flexibility index (Phi) is 6.81. The van der Waals surface area contributed by atoms with Gasteiger partial charge in [-0.25, -0.2) is 14.1 Å². The molecule has 2 aliphatic rings. The van der Waals surface area contributed by atoms with E-state index in [0.717, 1.165) is 65.3 Å². The Morgan fingerprint density at radius 3 is 2.31 bits per heavy atom. The van der Waals surface area contributed by atoms with Crippen LogP contribution in [-0.4, -0.2) is 39.4 Å². The van der Waals surface area contributed by atoms with Gasteiger partial charge in [-0.1, -0.05) is 24.3 Å². The van der Waals surface area contributed by atoms with Crippen LogP contribution in [0.4, 0.5) is 23.8 Å². The van der Waals surface area contributed by atoms with Gasteiger partial charge in [-0.15, -0.1) is 0 Å². The number of aromatic nitrogens is 1. The number of alkyl halides is 3. The van der Waals surface area contributed by atoms with E-state index in [4.69, 9.17) is 5.73 Å². The third-order valence-corrected chi connectivity index (χ3v) is 7.67. The molecule has 6 nitrogen and oxygen atoms in total. The number of piperidine rings is 1. The number of hydrogen-bond donors (Lipinski definition) is 2. The maximum absolute atomic E-state index is 12.7. The molecule has 5 rings (SSSR count). The van der Waals surface area contributed by atoms with Gasteiger partial charge in [0.15, 0.2) is 0 Å². The van der Waals surface area contributed by atoms with E-state index in [-0.39, 0.29) is 6.04 Å². The fourth-order valence-electron chi connectivity index (χ4n) is 4.53. The number of nitrogens with two attached hydrogens (primary N) is 1. The summed E-state index contributed by atoms with van der Waals surface area (Å²) in [6.07, 6.45) is -1.74. The Balaban J connectivity index is 1.12. The summed E-state index contributed by atoms with van der Waals surface area (Å²) in [5.74, 6) is 0.471. The van der Waals surface area contributed by atoms with Gasteiger partial charge in [0.1, 0.15) is 5.82 Å². The largest absolute Gasteiger partial charge is 0.417 e. The lowest BCUT2D eigenvalue weighted by Crippen LogP contribution is -2.35. The van der Waals surface area contributed by atoms with Crippen LogP contribution < -0.4 is 11.1 Å². The second-order valence-electron chi connectivity index (χ2n) is 9.07. The van der Waals surface area contributed by atoms with Crippen molar-refractivity contribution in [2.24, 2.45) is 5.73 Å². The van der Waals surface area contributed by atoms with Crippen molar-refractivity contribution in [2.75, 3.05) is 18.4 Å². The first kappa shape index (κ1) is 24.5. The predicted octanol–water partition coefficient (Wildman–Crippen LogP) is 5.75. The summed E-state index contributed by atoms with van der Waals surface area (Å²) in [7, 11) is 0. The van der Waals surface area contributed by atoms with Gasteiger partial charge in [0.05, 0.1) is 5.56 Å². The highest BCUT2D eigenvalue weighted by molar-refractivity contribution is 7.97. The molecule has 2 amide bonds. The summed E-state index contributed by atoms with van der Waals surface area (Å²) in [6.45, 7) is 2.84. The standard InChI is InChI=1S/C26H26F3N5OS/c27-26(28,29)21-5-8-24(31-14-21)32-22-9-11-34(12-10-22)36-23-6-3-17(4-7-23)18-1-2-19-15-33(25(30)35)16-20(19)13-18/h1-8,13-14,22H,9-12,15-16H2,(H2,30,35)(H,31,32). The molecule has 1 saturated heterocycles. The van der Waals surface area contributed by atoms with Crippen molar-refractivity contribution >= 4 is 23.8 Å². The highest BCUT2D eigenvalue weighted by atomic mass is 32.2. The molecule has 0 aliphatic carbocycles. The molecule has 3 N–H and O–H groups in total. The van der Waals surface area contributed by atoms with E-state index in [2.05, 4.69) is 57.1 Å². The molecule has 2 aromatic carbocycles. The van der Waals surface area contributed by atoms with Gasteiger partial charge in [-0.2, -0.15) is 13.2 Å². The Morgan fingerprint density at radius 2 is 1.67 bits per heavy atom. The average Bonchev–Trinajstić information content (AvgIpc) is 3.30. The topological polar surface area (TPSA) is 74.5 Å². The third-order valence-electron chi connectivity index (χ3n) is 6.56. The molecule has 3 heterocycles. The Morgan fingerprint density at radius 1 is 0.972 bits per heavy atom. The molecule has 36 heavy (non-hydrogen) atoms. The molecule has 2 aliphatic heterocycles. The lowest BCUT2D eigenvalue weighted by molar-refractivity contribution is -0.137. The SMILES string of the molecule is NC(=O)N1Cc2ccc(-c3ccc(SN4CCC(Nc5ccc(C(F)(F)F)cn5)CC4)cc3)cc2C1. The number of urea groups is 1. The number of nitrogens with one attached hydrogen (secondary N) is 1. The van der Waals surface area contributed by atoms with Crippen LogP contribution in [-0.2, 0) is 19.3 Å². The normalized spacial score (nSPS) is 16.7. The van der Waals surface area contributed by atoms with Crippen LogP contribution in [0.1, 0.15) is 29.5 Å². The van der Waals surface area contributed by atoms with E-state index in [1.54, 1.807) is 16.8 Å². The zero-order valence-corrected chi connectivity index (χ0v) is 20.3. The predicted molar refractivity (Wildman–Crippen MR) is 134 cm³/mol. The molecule has 3 aromatic rings. The van der Waals surface area contributed by atoms with Crippen molar-refractivity contribution in [2.45, 2.75) is 43.0 Å². The fraction of sp³-hybridized carbons (Fsp3) is 0.308. The van der Waals surface area contributed by atoms with Crippen molar-refractivity contribution in [3.63, 3.8) is 0 Å². The third kappa shape index (κ3) is 5.60. The van der Waals surface area contributed by atoms with Gasteiger partial charge in [0.25, 0.3) is 0 Å². The van der Waals surface area contributed by atoms with Crippen LogP contribution in [0.3, 0.4) is 0 Å². The van der Waals surface area contributed by atoms with Crippen LogP contribution in [0.15, 0.2) is 65.7 Å². The van der Waals surface area contributed by atoms with Crippen molar-refractivity contribution in [1.82, 2.24) is 14.2 Å². The number of pyridine rings is 1. The fourth-order valence-corrected chi connectivity index (χ4v) is 5.48. The van der Waals surface area contributed by atoms with E-state index in [0.29, 0.717) is 18.9 Å². The van der Waals surface area contributed by atoms with Gasteiger partial charge in [0, 0.05) is 43.3 Å². The maximum Gasteiger partial charge on any atom is 0.417 e. The molecular weight excluding hydrogens is 487 g/mol. The molecule has 1 aromatic heterocycles. The van der Waals surface area contributed by atoms with Crippen molar-refractivity contribution < 1.29 is 18.0 Å². The number of carbonyl (C=O) groups excluding carboxylic acids is 1. The number of anilines is 1. The van der Waals surface area contributed by atoms with Gasteiger partial charge in [-0.3, -0.25) is 0 Å². The molecule has 188 valence electrons. The highest BCUT2D eigenvalue weighted by Crippen LogP contribution is 2.32. The summed E-state index contributed by atoms with van der Waals surface area (Å²) in [4.78, 5) is 18.2. The monoisotopic (exact) mass is 513 g/mol. The second-order valence-corrected chi connectivity index (χ2v) is 10.2. The van der Waals surface area contributed by atoms with Crippen LogP contribution in [0, 0.1) is 0 Å². The van der Waals surface area contributed by atoms with E-state index >= 15 is 0 Å². The summed E-state index contributed by atoms with van der Waals surface area (Å²) >= 11 is 1.71. The smallest absolute Gasteiger partial charge is 0.367 e. The number of halogens is 3. The molecule has 0 bridgehead atoms. The molecule has 0 radical (unpaired) electrons. The van der Waals surface area contributed by atoms with Crippen LogP contribution in [0.25, 0.3) is 11.1 Å². The van der Waals surface area contributed by atoms with E-state index in [1.165, 1.54) is 6.07 Å². The minimum atomic E-state index is -4.37. The molecule has 10 heteroatoms. The number of nitrogens with zero attached hydrogens (tertiary/aromatic N) is 3. The van der Waals surface area contributed by atoms with E-state index in [1.807, 2.05) is 0 Å². The zero-order chi connectivity index (χ0) is 25.3. The minimum absolute atomic E-state index is 0.179. The van der Waals surface area contributed by atoms with Crippen molar-refractivity contribution in [3.05, 3.63) is 77.5 Å². The quantitative estimate of drug-likeness (QED) is 0.426. The minimum Gasteiger partial charge on any atom is -0.367 e. The summed E-state index contributed by atoms with van der Waals surface area (Å²) in [5.41, 5.74) is 9.18. The average molecular weight is 514 g/mol. The number of benzene rings is 2. The van der Waals surface area contributed by atoms with Gasteiger partial charge in [0.2, 0.25) is 0 Å². The Bertz CT molecular complexity index is 1230. The van der Waals surface area contributed by atoms with Gasteiger partial charge < -0.3 is 16.0 Å². The van der Waals surface area contributed by atoms with E-state index in [9.17, 15) is 18.0 Å². The van der Waals surface area contributed by atoms with Crippen molar-refractivity contribution in [3.8, 4) is 11.1 Å². The lowest BCUT2D eigenvalue weighted by Gasteiger charge is -2.31. The second kappa shape index (κ2) is 10.0. The first-order valence-electron chi connectivity index (χ1n) is 11.7. The molecular formula is C26H26F3N5OS. The van der Waals surface area contributed by atoms with Crippen LogP contribution in [0.5, 0.6) is 0 Å². The Hall–Kier alpha value is -3.24. The van der Waals surface area contributed by atoms with Gasteiger partial charge in [-0.05, 0) is 77.4 Å². The molecule has 1 fully saturated rings. The number of hydrogen-bond acceptors (Lipinski definition) is 5. The molecule has 0 unspecified atom stereocenters. The van der Waals surface area contributed by atoms with Crippen molar-refractivity contribution in [1.29, 1.82) is 0 Å². The maximum atomic E-state index is 12.7. The number of fused-ring (bicyclic) bond motifs is 1. The number of carbonyl (C=O) groups is 1. The zero-order valence-electron chi connectivity index (χ0n) is 19.5. The Labute approximate surface area is 211 Å². The number of primary amides is 1. The number of rotatable bonds is 5. The summed E-state index contributed by atoms with van der Waals surface area (Å²) < 4.78 is 40.4. The summed E-state index contributed by atoms with van der Waals surface area (Å²) in [5, 5.41) is 3.25. The lowest BCUT2D eigenvalue weighted by atomic mass is 10.0. The van der Waals surface area contributed by atoms with E-state index < -0.39 is 17.8 Å². The molecule has 0 spiro atoms. The van der Waals surface area contributed by atoms with Crippen LogP contribution in [0.2, 0.25) is 0 Å². The number of amides is 2. The molecule has 0 atom stereocenters. The van der Waals surface area contributed by atoms with Crippen LogP contribution >= 0.6 is 11.9 Å².